The van der Waals surface area contributed by atoms with E-state index >= 15 is 0 Å². The molecule has 0 amide bonds. The van der Waals surface area contributed by atoms with Gasteiger partial charge in [0.1, 0.15) is 11.6 Å². The number of hydrogen-bond acceptors (Lipinski definition) is 3. The second kappa shape index (κ2) is 5.14. The first-order valence-corrected chi connectivity index (χ1v) is 6.34. The molecule has 0 aliphatic rings. The summed E-state index contributed by atoms with van der Waals surface area (Å²) in [4.78, 5) is 3.78. The Hall–Kier alpha value is -2.47. The lowest BCUT2D eigenvalue weighted by Gasteiger charge is -2.07. The maximum absolute atomic E-state index is 13.3. The predicted molar refractivity (Wildman–Crippen MR) is 76.6 cm³/mol. The molecule has 0 spiro atoms. The summed E-state index contributed by atoms with van der Waals surface area (Å²) in [5, 5.41) is 6.83. The molecule has 3 aromatic rings. The molecule has 3 rings (SSSR count). The van der Waals surface area contributed by atoms with E-state index in [9.17, 15) is 8.78 Å². The molecule has 0 aliphatic heterocycles. The molecular formula is C14H9ClF2N4. The fraction of sp³-hybridized carbons (Fsp3) is 0. The summed E-state index contributed by atoms with van der Waals surface area (Å²) < 4.78 is 26.5. The Labute approximate surface area is 123 Å². The smallest absolute Gasteiger partial charge is 0.153 e. The van der Waals surface area contributed by atoms with Crippen molar-refractivity contribution in [1.29, 1.82) is 0 Å². The van der Waals surface area contributed by atoms with Gasteiger partial charge in [-0.05, 0) is 24.3 Å². The Morgan fingerprint density at radius 2 is 1.90 bits per heavy atom. The molecule has 0 atom stereocenters. The van der Waals surface area contributed by atoms with Crippen LogP contribution < -0.4 is 5.73 Å². The molecule has 21 heavy (non-hydrogen) atoms. The highest BCUT2D eigenvalue weighted by atomic mass is 35.5. The summed E-state index contributed by atoms with van der Waals surface area (Å²) in [6, 6.07) is 5.23. The summed E-state index contributed by atoms with van der Waals surface area (Å²) in [5.41, 5.74) is 7.76. The summed E-state index contributed by atoms with van der Waals surface area (Å²) in [6.07, 6.45) is 2.56. The first-order valence-electron chi connectivity index (χ1n) is 5.96. The Bertz CT molecular complexity index is 816. The summed E-state index contributed by atoms with van der Waals surface area (Å²) in [7, 11) is 0. The summed E-state index contributed by atoms with van der Waals surface area (Å²) >= 11 is 6.06. The number of rotatable bonds is 2. The van der Waals surface area contributed by atoms with Crippen molar-refractivity contribution in [2.24, 2.45) is 0 Å². The Morgan fingerprint density at radius 1 is 1.10 bits per heavy atom. The Morgan fingerprint density at radius 3 is 2.62 bits per heavy atom. The number of nitrogens with two attached hydrogens (primary N) is 1. The van der Waals surface area contributed by atoms with Crippen LogP contribution in [-0.4, -0.2) is 15.2 Å². The minimum absolute atomic E-state index is 0.183. The lowest BCUT2D eigenvalue weighted by Crippen LogP contribution is -1.91. The van der Waals surface area contributed by atoms with E-state index in [4.69, 9.17) is 17.3 Å². The van der Waals surface area contributed by atoms with E-state index in [1.54, 1.807) is 0 Å². The second-order valence-electron chi connectivity index (χ2n) is 4.37. The van der Waals surface area contributed by atoms with Gasteiger partial charge >= 0.3 is 0 Å². The van der Waals surface area contributed by atoms with Crippen molar-refractivity contribution in [1.82, 2.24) is 15.2 Å². The third kappa shape index (κ3) is 2.45. The third-order valence-corrected chi connectivity index (χ3v) is 3.30. The van der Waals surface area contributed by atoms with Crippen molar-refractivity contribution in [2.75, 3.05) is 5.73 Å². The molecular weight excluding hydrogens is 298 g/mol. The molecule has 0 saturated carbocycles. The number of hydrogen-bond donors (Lipinski definition) is 2. The number of pyridine rings is 1. The van der Waals surface area contributed by atoms with Gasteiger partial charge in [-0.25, -0.2) is 8.78 Å². The highest BCUT2D eigenvalue weighted by Crippen LogP contribution is 2.38. The van der Waals surface area contributed by atoms with Gasteiger partial charge in [0, 0.05) is 17.3 Å². The first-order chi connectivity index (χ1) is 10.1. The lowest BCUT2D eigenvalue weighted by atomic mass is 10.0. The van der Waals surface area contributed by atoms with Crippen LogP contribution in [0.5, 0.6) is 0 Å². The van der Waals surface area contributed by atoms with E-state index in [0.717, 1.165) is 6.20 Å². The molecule has 0 bridgehead atoms. The van der Waals surface area contributed by atoms with Crippen LogP contribution in [0.3, 0.4) is 0 Å². The van der Waals surface area contributed by atoms with Crippen LogP contribution in [0.25, 0.3) is 22.4 Å². The minimum atomic E-state index is -0.489. The van der Waals surface area contributed by atoms with Gasteiger partial charge in [0.05, 0.1) is 22.5 Å². The Balaban J connectivity index is 2.22. The van der Waals surface area contributed by atoms with Gasteiger partial charge in [0.25, 0.3) is 0 Å². The van der Waals surface area contributed by atoms with Crippen molar-refractivity contribution in [2.45, 2.75) is 0 Å². The normalized spacial score (nSPS) is 10.8. The van der Waals surface area contributed by atoms with Crippen LogP contribution in [0.4, 0.5) is 14.6 Å². The zero-order chi connectivity index (χ0) is 15.0. The van der Waals surface area contributed by atoms with Gasteiger partial charge in [-0.15, -0.1) is 0 Å². The number of nitrogen functional groups attached to an aromatic ring is 1. The largest absolute Gasteiger partial charge is 0.382 e. The number of aromatic nitrogens is 3. The SMILES string of the molecule is Nc1n[nH]c(-c2cncc(F)c2)c1-c1ccc(F)cc1Cl. The maximum Gasteiger partial charge on any atom is 0.153 e. The average Bonchev–Trinajstić information content (AvgIpc) is 2.81. The molecule has 0 aliphatic carbocycles. The third-order valence-electron chi connectivity index (χ3n) is 2.99. The summed E-state index contributed by atoms with van der Waals surface area (Å²) in [5.74, 6) is -0.764. The van der Waals surface area contributed by atoms with E-state index in [-0.39, 0.29) is 10.8 Å². The van der Waals surface area contributed by atoms with Crippen LogP contribution in [0, 0.1) is 11.6 Å². The standard InChI is InChI=1S/C14H9ClF2N4/c15-11-4-8(16)1-2-10(11)12-13(20-21-14(12)18)7-3-9(17)6-19-5-7/h1-6H,(H3,18,20,21). The van der Waals surface area contributed by atoms with Crippen molar-refractivity contribution in [3.05, 3.63) is 53.3 Å². The Kier molecular flexibility index (Phi) is 3.31. The number of H-pyrrole nitrogens is 1. The van der Waals surface area contributed by atoms with Gasteiger partial charge in [-0.3, -0.25) is 10.1 Å². The van der Waals surface area contributed by atoms with Crippen LogP contribution in [-0.2, 0) is 0 Å². The van der Waals surface area contributed by atoms with Crippen molar-refractivity contribution in [3.63, 3.8) is 0 Å². The zero-order valence-electron chi connectivity index (χ0n) is 10.6. The van der Waals surface area contributed by atoms with Crippen molar-refractivity contribution >= 4 is 17.4 Å². The average molecular weight is 307 g/mol. The molecule has 0 unspecified atom stereocenters. The fourth-order valence-electron chi connectivity index (χ4n) is 2.08. The number of halogens is 3. The van der Waals surface area contributed by atoms with E-state index in [1.807, 2.05) is 0 Å². The molecule has 2 aromatic heterocycles. The molecule has 7 heteroatoms. The zero-order valence-corrected chi connectivity index (χ0v) is 11.3. The van der Waals surface area contributed by atoms with E-state index in [2.05, 4.69) is 15.2 Å². The number of aromatic amines is 1. The molecule has 1 aromatic carbocycles. The molecule has 0 saturated heterocycles. The number of anilines is 1. The highest BCUT2D eigenvalue weighted by Gasteiger charge is 2.18. The van der Waals surface area contributed by atoms with Crippen LogP contribution in [0.2, 0.25) is 5.02 Å². The lowest BCUT2D eigenvalue weighted by molar-refractivity contribution is 0.622. The molecule has 2 heterocycles. The first kappa shape index (κ1) is 13.5. The van der Waals surface area contributed by atoms with E-state index in [0.29, 0.717) is 22.4 Å². The van der Waals surface area contributed by atoms with E-state index in [1.165, 1.54) is 30.5 Å². The topological polar surface area (TPSA) is 67.6 Å². The fourth-order valence-corrected chi connectivity index (χ4v) is 2.34. The maximum atomic E-state index is 13.3. The van der Waals surface area contributed by atoms with Gasteiger partial charge in [0.2, 0.25) is 0 Å². The van der Waals surface area contributed by atoms with Crippen molar-refractivity contribution < 1.29 is 8.78 Å². The van der Waals surface area contributed by atoms with Crippen LogP contribution >= 0.6 is 11.6 Å². The monoisotopic (exact) mass is 306 g/mol. The highest BCUT2D eigenvalue weighted by molar-refractivity contribution is 6.33. The molecule has 4 nitrogen and oxygen atoms in total. The quantitative estimate of drug-likeness (QED) is 0.759. The second-order valence-corrected chi connectivity index (χ2v) is 4.78. The van der Waals surface area contributed by atoms with Gasteiger partial charge in [0.15, 0.2) is 5.82 Å². The molecule has 3 N–H and O–H groups in total. The predicted octanol–water partition coefficient (Wildman–Crippen LogP) is 3.65. The minimum Gasteiger partial charge on any atom is -0.382 e. The van der Waals surface area contributed by atoms with E-state index < -0.39 is 11.6 Å². The molecule has 0 radical (unpaired) electrons. The number of nitrogens with zero attached hydrogens (tertiary/aromatic N) is 2. The number of benzene rings is 1. The van der Waals surface area contributed by atoms with Crippen LogP contribution in [0.1, 0.15) is 0 Å². The van der Waals surface area contributed by atoms with Gasteiger partial charge < -0.3 is 5.73 Å². The number of nitrogens with one attached hydrogen (secondary N) is 1. The van der Waals surface area contributed by atoms with Crippen molar-refractivity contribution in [3.8, 4) is 22.4 Å². The van der Waals surface area contributed by atoms with Gasteiger partial charge in [-0.2, -0.15) is 5.10 Å². The summed E-state index contributed by atoms with van der Waals surface area (Å²) in [6.45, 7) is 0. The van der Waals surface area contributed by atoms with Gasteiger partial charge in [-0.1, -0.05) is 11.6 Å². The van der Waals surface area contributed by atoms with Crippen LogP contribution in [0.15, 0.2) is 36.7 Å². The molecule has 0 fully saturated rings. The molecule has 106 valence electrons.